The minimum absolute atomic E-state index is 0.0465. The largest absolute Gasteiger partial charge is 0.497 e. The molecular weight excluding hydrogens is 466 g/mol. The lowest BCUT2D eigenvalue weighted by Crippen LogP contribution is -2.35. The number of carbonyl (C=O) groups excluding carboxylic acids is 2. The van der Waals surface area contributed by atoms with Crippen LogP contribution in [0.4, 0.5) is 11.7 Å². The number of nitrogens with one attached hydrogen (secondary N) is 2. The van der Waals surface area contributed by atoms with Crippen LogP contribution in [-0.4, -0.2) is 46.7 Å². The van der Waals surface area contributed by atoms with Crippen molar-refractivity contribution in [2.24, 2.45) is 5.92 Å². The van der Waals surface area contributed by atoms with Gasteiger partial charge in [-0.05, 0) is 42.0 Å². The van der Waals surface area contributed by atoms with Crippen LogP contribution >= 0.6 is 0 Å². The van der Waals surface area contributed by atoms with Crippen molar-refractivity contribution in [2.45, 2.75) is 10.9 Å². The molecule has 0 saturated carbocycles. The molecule has 0 aliphatic carbocycles. The quantitative estimate of drug-likeness (QED) is 0.322. The first-order chi connectivity index (χ1) is 16.3. The molecule has 0 bridgehead atoms. The lowest BCUT2D eigenvalue weighted by molar-refractivity contribution is -0.159. The highest BCUT2D eigenvalue weighted by Crippen LogP contribution is 2.31. The van der Waals surface area contributed by atoms with Crippen LogP contribution in [0.3, 0.4) is 0 Å². The van der Waals surface area contributed by atoms with E-state index in [1.165, 1.54) is 58.1 Å². The molecule has 0 unspecified atom stereocenters. The van der Waals surface area contributed by atoms with E-state index < -0.39 is 33.9 Å². The summed E-state index contributed by atoms with van der Waals surface area (Å²) in [6.45, 7) is 0. The molecule has 3 aromatic rings. The van der Waals surface area contributed by atoms with Crippen LogP contribution in [0.25, 0.3) is 0 Å². The summed E-state index contributed by atoms with van der Waals surface area (Å²) in [4.78, 5) is 28.7. The van der Waals surface area contributed by atoms with Crippen molar-refractivity contribution in [1.29, 1.82) is 0 Å². The number of carbonyl (C=O) groups is 2. The molecule has 0 fully saturated rings. The number of ether oxygens (including phenoxy) is 3. The number of oxazole rings is 1. The summed E-state index contributed by atoms with van der Waals surface area (Å²) in [6, 6.07) is 11.4. The molecule has 180 valence electrons. The molecule has 0 spiro atoms. The van der Waals surface area contributed by atoms with Crippen LogP contribution in [0.5, 0.6) is 5.75 Å². The van der Waals surface area contributed by atoms with Crippen molar-refractivity contribution in [1.82, 2.24) is 4.98 Å². The molecule has 2 N–H and O–H groups in total. The Balaban J connectivity index is 1.92. The number of methoxy groups -OCH3 is 3. The van der Waals surface area contributed by atoms with Gasteiger partial charge in [-0.25, -0.2) is 18.1 Å². The third-order valence-electron chi connectivity index (χ3n) is 4.86. The summed E-state index contributed by atoms with van der Waals surface area (Å²) < 4.78 is 47.0. The van der Waals surface area contributed by atoms with E-state index in [0.717, 1.165) is 0 Å². The summed E-state index contributed by atoms with van der Waals surface area (Å²) >= 11 is 0. The molecule has 1 atom stereocenters. The molecule has 3 rings (SSSR count). The Morgan fingerprint density at radius 2 is 1.56 bits per heavy atom. The summed E-state index contributed by atoms with van der Waals surface area (Å²) in [6.07, 6.45) is 2.55. The second-order valence-electron chi connectivity index (χ2n) is 6.89. The Kier molecular flexibility index (Phi) is 7.74. The van der Waals surface area contributed by atoms with Gasteiger partial charge in [0, 0.05) is 5.69 Å². The third-order valence-corrected chi connectivity index (χ3v) is 6.20. The predicted molar refractivity (Wildman–Crippen MR) is 121 cm³/mol. The molecule has 11 nitrogen and oxygen atoms in total. The molecule has 2 aromatic carbocycles. The standard InChI is InChI=1S/C22H23N3O8S/c1-30-16-8-4-14(5-9-16)19(18(20(26)31-2)21(27)32-3)24-15-6-10-17(11-7-15)34(28,29)25-22-23-12-13-33-22/h4-13,18-19,24H,1-3H3,(H,23,25)/t19-/m0/s1. The monoisotopic (exact) mass is 489 g/mol. The number of hydrogen-bond acceptors (Lipinski definition) is 10. The van der Waals surface area contributed by atoms with Crippen LogP contribution in [-0.2, 0) is 29.1 Å². The van der Waals surface area contributed by atoms with Crippen molar-refractivity contribution < 1.29 is 36.6 Å². The van der Waals surface area contributed by atoms with E-state index in [1.54, 1.807) is 24.3 Å². The molecule has 0 saturated heterocycles. The van der Waals surface area contributed by atoms with Crippen molar-refractivity contribution in [3.63, 3.8) is 0 Å². The maximum Gasteiger partial charge on any atom is 0.322 e. The van der Waals surface area contributed by atoms with E-state index in [0.29, 0.717) is 17.0 Å². The van der Waals surface area contributed by atoms with E-state index in [2.05, 4.69) is 15.0 Å². The van der Waals surface area contributed by atoms with Gasteiger partial charge in [0.1, 0.15) is 12.0 Å². The Labute approximate surface area is 196 Å². The van der Waals surface area contributed by atoms with E-state index in [4.69, 9.17) is 18.6 Å². The number of aromatic nitrogens is 1. The molecule has 34 heavy (non-hydrogen) atoms. The lowest BCUT2D eigenvalue weighted by atomic mass is 9.92. The number of sulfonamides is 1. The van der Waals surface area contributed by atoms with Gasteiger partial charge >= 0.3 is 18.0 Å². The van der Waals surface area contributed by atoms with Crippen molar-refractivity contribution in [3.8, 4) is 5.75 Å². The third kappa shape index (κ3) is 5.64. The van der Waals surface area contributed by atoms with Gasteiger partial charge in [0.25, 0.3) is 10.0 Å². The van der Waals surface area contributed by atoms with Gasteiger partial charge < -0.3 is 23.9 Å². The Morgan fingerprint density at radius 1 is 0.941 bits per heavy atom. The summed E-state index contributed by atoms with van der Waals surface area (Å²) in [5.74, 6) is -2.34. The molecular formula is C22H23N3O8S. The highest BCUT2D eigenvalue weighted by Gasteiger charge is 2.38. The molecule has 0 radical (unpaired) electrons. The molecule has 0 amide bonds. The zero-order valence-electron chi connectivity index (χ0n) is 18.5. The minimum atomic E-state index is -3.94. The van der Waals surface area contributed by atoms with Gasteiger partial charge in [-0.1, -0.05) is 12.1 Å². The number of nitrogens with zero attached hydrogens (tertiary/aromatic N) is 1. The SMILES string of the molecule is COC(=O)C(C(=O)OC)[C@@H](Nc1ccc(S(=O)(=O)Nc2ncco2)cc1)c1ccc(OC)cc1. The number of anilines is 2. The van der Waals surface area contributed by atoms with Crippen molar-refractivity contribution >= 4 is 33.7 Å². The van der Waals surface area contributed by atoms with E-state index in [9.17, 15) is 18.0 Å². The Hall–Kier alpha value is -4.06. The highest BCUT2D eigenvalue weighted by atomic mass is 32.2. The zero-order valence-corrected chi connectivity index (χ0v) is 19.4. The summed E-state index contributed by atoms with van der Waals surface area (Å²) in [5.41, 5.74) is 1.01. The summed E-state index contributed by atoms with van der Waals surface area (Å²) in [7, 11) is -0.0778. The van der Waals surface area contributed by atoms with E-state index >= 15 is 0 Å². The zero-order chi connectivity index (χ0) is 24.7. The van der Waals surface area contributed by atoms with Gasteiger partial charge in [0.05, 0.1) is 38.5 Å². The average Bonchev–Trinajstić information content (AvgIpc) is 3.36. The van der Waals surface area contributed by atoms with Crippen LogP contribution in [0, 0.1) is 5.92 Å². The number of esters is 2. The van der Waals surface area contributed by atoms with E-state index in [-0.39, 0.29) is 10.9 Å². The fourth-order valence-corrected chi connectivity index (χ4v) is 4.09. The van der Waals surface area contributed by atoms with Gasteiger partial charge in [-0.2, -0.15) is 0 Å². The minimum Gasteiger partial charge on any atom is -0.497 e. The molecule has 1 heterocycles. The maximum atomic E-state index is 12.5. The first-order valence-electron chi connectivity index (χ1n) is 9.87. The normalized spacial score (nSPS) is 12.0. The second kappa shape index (κ2) is 10.7. The number of benzene rings is 2. The van der Waals surface area contributed by atoms with Crippen molar-refractivity contribution in [2.75, 3.05) is 31.4 Å². The Bertz CT molecular complexity index is 1190. The first kappa shape index (κ1) is 24.6. The number of hydrogen-bond donors (Lipinski definition) is 2. The van der Waals surface area contributed by atoms with Crippen molar-refractivity contribution in [3.05, 3.63) is 66.6 Å². The molecule has 12 heteroatoms. The second-order valence-corrected chi connectivity index (χ2v) is 8.57. The summed E-state index contributed by atoms with van der Waals surface area (Å²) in [5, 5.41) is 3.10. The molecule has 0 aliphatic rings. The highest BCUT2D eigenvalue weighted by molar-refractivity contribution is 7.92. The van der Waals surface area contributed by atoms with Gasteiger partial charge in [0.2, 0.25) is 0 Å². The maximum absolute atomic E-state index is 12.5. The topological polar surface area (TPSA) is 146 Å². The molecule has 1 aromatic heterocycles. The Morgan fingerprint density at radius 3 is 2.06 bits per heavy atom. The van der Waals surface area contributed by atoms with Gasteiger partial charge in [-0.3, -0.25) is 9.59 Å². The van der Waals surface area contributed by atoms with Gasteiger partial charge in [0.15, 0.2) is 5.92 Å². The average molecular weight is 490 g/mol. The fraction of sp³-hybridized carbons (Fsp3) is 0.227. The molecule has 0 aliphatic heterocycles. The number of rotatable bonds is 10. The van der Waals surface area contributed by atoms with E-state index in [1.807, 2.05) is 0 Å². The van der Waals surface area contributed by atoms with Gasteiger partial charge in [-0.15, -0.1) is 0 Å². The van der Waals surface area contributed by atoms with Crippen LogP contribution in [0.2, 0.25) is 0 Å². The predicted octanol–water partition coefficient (Wildman–Crippen LogP) is 2.60. The van der Waals surface area contributed by atoms with Crippen LogP contribution < -0.4 is 14.8 Å². The van der Waals surface area contributed by atoms with Crippen LogP contribution in [0.15, 0.2) is 70.3 Å². The van der Waals surface area contributed by atoms with Crippen LogP contribution in [0.1, 0.15) is 11.6 Å². The fourth-order valence-electron chi connectivity index (χ4n) is 3.15. The lowest BCUT2D eigenvalue weighted by Gasteiger charge is -2.26. The first-order valence-corrected chi connectivity index (χ1v) is 11.4. The smallest absolute Gasteiger partial charge is 0.322 e.